The molecule has 120 valence electrons. The Labute approximate surface area is 133 Å². The lowest BCUT2D eigenvalue weighted by molar-refractivity contribution is -0.160. The first-order chi connectivity index (χ1) is 11.1. The first-order valence-electron chi connectivity index (χ1n) is 7.21. The van der Waals surface area contributed by atoms with E-state index in [1.165, 1.54) is 12.3 Å². The number of hydrogen-bond acceptors (Lipinski definition) is 5. The molecule has 23 heavy (non-hydrogen) atoms. The van der Waals surface area contributed by atoms with Crippen molar-refractivity contribution in [3.05, 3.63) is 47.7 Å². The van der Waals surface area contributed by atoms with Crippen LogP contribution in [0.3, 0.4) is 0 Å². The highest BCUT2D eigenvalue weighted by Crippen LogP contribution is 2.30. The van der Waals surface area contributed by atoms with Gasteiger partial charge in [0, 0.05) is 13.1 Å². The predicted molar refractivity (Wildman–Crippen MR) is 81.6 cm³/mol. The van der Waals surface area contributed by atoms with E-state index in [4.69, 9.17) is 9.26 Å². The summed E-state index contributed by atoms with van der Waals surface area (Å²) in [5.41, 5.74) is 1.94. The summed E-state index contributed by atoms with van der Waals surface area (Å²) in [4.78, 5) is 26.0. The summed E-state index contributed by atoms with van der Waals surface area (Å²) in [7, 11) is 1.67. The third kappa shape index (κ3) is 3.09. The highest BCUT2D eigenvalue weighted by Gasteiger charge is 2.40. The average molecular weight is 315 g/mol. The van der Waals surface area contributed by atoms with Gasteiger partial charge < -0.3 is 19.5 Å². The summed E-state index contributed by atoms with van der Waals surface area (Å²) in [5, 5.41) is 6.28. The Hall–Kier alpha value is -2.67. The Balaban J connectivity index is 1.88. The van der Waals surface area contributed by atoms with Crippen LogP contribution in [0.15, 0.2) is 41.1 Å². The highest BCUT2D eigenvalue weighted by atomic mass is 16.5. The van der Waals surface area contributed by atoms with Crippen LogP contribution in [0.1, 0.15) is 17.2 Å². The minimum atomic E-state index is -0.822. The number of hydrogen-bond donors (Lipinski definition) is 1. The number of carbonyl (C=O) groups excluding carboxylic acids is 2. The first kappa shape index (κ1) is 15.2. The number of aryl methyl sites for hydroxylation is 1. The summed E-state index contributed by atoms with van der Waals surface area (Å²) in [6, 6.07) is 8.72. The molecule has 1 aromatic carbocycles. The number of amides is 2. The van der Waals surface area contributed by atoms with Crippen LogP contribution in [0, 0.1) is 6.92 Å². The molecule has 1 aromatic heterocycles. The fourth-order valence-corrected chi connectivity index (χ4v) is 2.57. The van der Waals surface area contributed by atoms with Gasteiger partial charge in [0.2, 0.25) is 5.91 Å². The van der Waals surface area contributed by atoms with Gasteiger partial charge in [0.25, 0.3) is 5.91 Å². The second kappa shape index (κ2) is 6.21. The molecule has 1 aliphatic rings. The Morgan fingerprint density at radius 3 is 2.70 bits per heavy atom. The monoisotopic (exact) mass is 315 g/mol. The van der Waals surface area contributed by atoms with Crippen LogP contribution in [0.2, 0.25) is 0 Å². The van der Waals surface area contributed by atoms with Crippen LogP contribution in [0.25, 0.3) is 0 Å². The van der Waals surface area contributed by atoms with E-state index in [0.717, 1.165) is 11.1 Å². The van der Waals surface area contributed by atoms with Crippen LogP contribution >= 0.6 is 0 Å². The van der Waals surface area contributed by atoms with Gasteiger partial charge in [-0.15, -0.1) is 0 Å². The number of rotatable bonds is 3. The molecular formula is C16H17N3O4. The number of carbonyl (C=O) groups is 2. The molecule has 0 saturated carbocycles. The quantitative estimate of drug-likeness (QED) is 0.928. The van der Waals surface area contributed by atoms with Crippen molar-refractivity contribution in [1.82, 2.24) is 10.1 Å². The van der Waals surface area contributed by atoms with E-state index in [0.29, 0.717) is 5.82 Å². The van der Waals surface area contributed by atoms with E-state index >= 15 is 0 Å². The molecule has 2 atom stereocenters. The number of ether oxygens (including phenoxy) is 1. The smallest absolute Gasteiger partial charge is 0.257 e. The zero-order valence-electron chi connectivity index (χ0n) is 12.9. The Bertz CT molecular complexity index is 697. The van der Waals surface area contributed by atoms with Crippen LogP contribution in [-0.2, 0) is 14.3 Å². The number of morpholine rings is 1. The molecule has 0 spiro atoms. The Kier molecular flexibility index (Phi) is 4.12. The molecule has 2 unspecified atom stereocenters. The predicted octanol–water partition coefficient (Wildman–Crippen LogP) is 1.52. The van der Waals surface area contributed by atoms with Gasteiger partial charge in [-0.1, -0.05) is 35.0 Å². The molecule has 2 aromatic rings. The van der Waals surface area contributed by atoms with Crippen LogP contribution < -0.4 is 5.32 Å². The van der Waals surface area contributed by atoms with Crippen LogP contribution in [0.5, 0.6) is 0 Å². The average Bonchev–Trinajstić information content (AvgIpc) is 3.04. The maximum absolute atomic E-state index is 12.5. The van der Waals surface area contributed by atoms with Gasteiger partial charge in [0.05, 0.1) is 6.04 Å². The molecular weight excluding hydrogens is 298 g/mol. The molecule has 2 amide bonds. The van der Waals surface area contributed by atoms with E-state index in [2.05, 4.69) is 10.5 Å². The molecule has 7 nitrogen and oxygen atoms in total. The molecule has 0 radical (unpaired) electrons. The van der Waals surface area contributed by atoms with Crippen molar-refractivity contribution < 1.29 is 18.8 Å². The number of anilines is 1. The van der Waals surface area contributed by atoms with Gasteiger partial charge in [-0.05, 0) is 12.5 Å². The summed E-state index contributed by atoms with van der Waals surface area (Å²) < 4.78 is 10.2. The maximum Gasteiger partial charge on any atom is 0.257 e. The fourth-order valence-electron chi connectivity index (χ4n) is 2.57. The van der Waals surface area contributed by atoms with Crippen LogP contribution in [-0.4, -0.2) is 41.6 Å². The van der Waals surface area contributed by atoms with E-state index in [9.17, 15) is 9.59 Å². The molecule has 3 rings (SSSR count). The van der Waals surface area contributed by atoms with Gasteiger partial charge >= 0.3 is 0 Å². The molecule has 1 aliphatic heterocycles. The maximum atomic E-state index is 12.5. The van der Waals surface area contributed by atoms with E-state index in [-0.39, 0.29) is 18.4 Å². The minimum absolute atomic E-state index is 0.129. The zero-order valence-corrected chi connectivity index (χ0v) is 12.9. The molecule has 7 heteroatoms. The summed E-state index contributed by atoms with van der Waals surface area (Å²) in [5.74, 6) is -0.231. The first-order valence-corrected chi connectivity index (χ1v) is 7.21. The number of benzene rings is 1. The van der Waals surface area contributed by atoms with Crippen molar-refractivity contribution in [2.75, 3.05) is 19.0 Å². The largest absolute Gasteiger partial charge is 0.363 e. The third-order valence-corrected chi connectivity index (χ3v) is 3.85. The van der Waals surface area contributed by atoms with Gasteiger partial charge in [0.1, 0.15) is 12.9 Å². The molecule has 2 heterocycles. The zero-order chi connectivity index (χ0) is 16.4. The third-order valence-electron chi connectivity index (χ3n) is 3.85. The Morgan fingerprint density at radius 2 is 2.04 bits per heavy atom. The molecule has 1 N–H and O–H groups in total. The van der Waals surface area contributed by atoms with Gasteiger partial charge in [-0.3, -0.25) is 9.59 Å². The summed E-state index contributed by atoms with van der Waals surface area (Å²) >= 11 is 0. The lowest BCUT2D eigenvalue weighted by Gasteiger charge is -2.38. The highest BCUT2D eigenvalue weighted by molar-refractivity contribution is 5.95. The summed E-state index contributed by atoms with van der Waals surface area (Å²) in [6.07, 6.45) is 0.543. The second-order valence-electron chi connectivity index (χ2n) is 5.47. The van der Waals surface area contributed by atoms with E-state index < -0.39 is 12.1 Å². The standard InChI is InChI=1S/C16H17N3O4/c1-10-3-5-11(6-4-10)14-15(22-9-13(20)19(14)2)16(21)17-12-7-8-23-18-12/h3-8,14-15H,9H2,1-2H3,(H,17,18,21). The second-order valence-corrected chi connectivity index (χ2v) is 5.47. The number of nitrogens with zero attached hydrogens (tertiary/aromatic N) is 2. The van der Waals surface area contributed by atoms with E-state index in [1.807, 2.05) is 31.2 Å². The fraction of sp³-hybridized carbons (Fsp3) is 0.312. The van der Waals surface area contributed by atoms with Gasteiger partial charge in [-0.25, -0.2) is 0 Å². The SMILES string of the molecule is Cc1ccc(C2C(C(=O)Nc3ccon3)OCC(=O)N2C)cc1. The van der Waals surface area contributed by atoms with Gasteiger partial charge in [0.15, 0.2) is 11.9 Å². The summed E-state index contributed by atoms with van der Waals surface area (Å²) in [6.45, 7) is 1.85. The minimum Gasteiger partial charge on any atom is -0.363 e. The molecule has 0 aliphatic carbocycles. The number of nitrogens with one attached hydrogen (secondary N) is 1. The topological polar surface area (TPSA) is 84.7 Å². The normalized spacial score (nSPS) is 21.3. The van der Waals surface area contributed by atoms with Crippen molar-refractivity contribution in [2.24, 2.45) is 0 Å². The molecule has 1 saturated heterocycles. The van der Waals surface area contributed by atoms with Crippen molar-refractivity contribution in [3.8, 4) is 0 Å². The van der Waals surface area contributed by atoms with Crippen molar-refractivity contribution in [3.63, 3.8) is 0 Å². The lowest BCUT2D eigenvalue weighted by atomic mass is 9.97. The van der Waals surface area contributed by atoms with Crippen LogP contribution in [0.4, 0.5) is 5.82 Å². The van der Waals surface area contributed by atoms with E-state index in [1.54, 1.807) is 11.9 Å². The molecule has 0 bridgehead atoms. The lowest BCUT2D eigenvalue weighted by Crippen LogP contribution is -2.51. The van der Waals surface area contributed by atoms with Crippen molar-refractivity contribution >= 4 is 17.6 Å². The molecule has 1 fully saturated rings. The van der Waals surface area contributed by atoms with Crippen molar-refractivity contribution in [2.45, 2.75) is 19.1 Å². The Morgan fingerprint density at radius 1 is 1.30 bits per heavy atom. The number of likely N-dealkylation sites (N-methyl/N-ethyl adjacent to an activating group) is 1. The number of aromatic nitrogens is 1. The van der Waals surface area contributed by atoms with Gasteiger partial charge in [-0.2, -0.15) is 0 Å². The van der Waals surface area contributed by atoms with Crippen molar-refractivity contribution in [1.29, 1.82) is 0 Å².